The summed E-state index contributed by atoms with van der Waals surface area (Å²) < 4.78 is 2.49. The Morgan fingerprint density at radius 3 is 2.83 bits per heavy atom. The van der Waals surface area contributed by atoms with Crippen LogP contribution in [0.5, 0.6) is 0 Å². The van der Waals surface area contributed by atoms with Crippen molar-refractivity contribution >= 4 is 24.2 Å². The van der Waals surface area contributed by atoms with Gasteiger partial charge in [-0.3, -0.25) is 4.84 Å². The lowest BCUT2D eigenvalue weighted by Gasteiger charge is -2.21. The average molecular weight is 302 g/mol. The van der Waals surface area contributed by atoms with Gasteiger partial charge in [0.15, 0.2) is 0 Å². The highest BCUT2D eigenvalue weighted by molar-refractivity contribution is 6.33. The van der Waals surface area contributed by atoms with Crippen LogP contribution >= 0.6 is 0 Å². The maximum absolute atomic E-state index is 6.02. The van der Waals surface area contributed by atoms with E-state index in [4.69, 9.17) is 4.84 Å². The minimum atomic E-state index is 0.378. The lowest BCUT2D eigenvalue weighted by Crippen LogP contribution is -2.22. The Kier molecular flexibility index (Phi) is 2.90. The summed E-state index contributed by atoms with van der Waals surface area (Å²) in [4.78, 5) is 6.02. The lowest BCUT2D eigenvalue weighted by molar-refractivity contribution is -0.141. The molecule has 5 rings (SSSR count). The van der Waals surface area contributed by atoms with Crippen molar-refractivity contribution in [2.24, 2.45) is 5.92 Å². The molecule has 0 N–H and O–H groups in total. The fourth-order valence-corrected chi connectivity index (χ4v) is 4.14. The van der Waals surface area contributed by atoms with Gasteiger partial charge in [0.2, 0.25) is 0 Å². The molecular weight excluding hydrogens is 283 g/mol. The Labute approximate surface area is 136 Å². The Morgan fingerprint density at radius 2 is 1.96 bits per heavy atom. The van der Waals surface area contributed by atoms with Gasteiger partial charge in [0, 0.05) is 30.2 Å². The van der Waals surface area contributed by atoms with E-state index in [-0.39, 0.29) is 0 Å². The van der Waals surface area contributed by atoms with E-state index in [1.54, 1.807) is 0 Å². The summed E-state index contributed by atoms with van der Waals surface area (Å²) in [7, 11) is 2.16. The van der Waals surface area contributed by atoms with Crippen LogP contribution in [-0.4, -0.2) is 24.1 Å². The summed E-state index contributed by atoms with van der Waals surface area (Å²) in [5, 5.41) is 3.54. The zero-order valence-corrected chi connectivity index (χ0v) is 13.3. The smallest absolute Gasteiger partial charge is 0.139 e. The number of aromatic nitrogens is 1. The number of fused-ring (bicyclic) bond motifs is 5. The van der Waals surface area contributed by atoms with Gasteiger partial charge in [0.05, 0.1) is 12.6 Å². The first kappa shape index (κ1) is 13.4. The summed E-state index contributed by atoms with van der Waals surface area (Å²) in [6, 6.07) is 20.1. The van der Waals surface area contributed by atoms with Crippen molar-refractivity contribution in [3.8, 4) is 0 Å². The molecule has 114 valence electrons. The van der Waals surface area contributed by atoms with Crippen molar-refractivity contribution in [2.75, 3.05) is 6.61 Å². The second-order valence-electron chi connectivity index (χ2n) is 6.80. The Bertz CT molecular complexity index is 874. The summed E-state index contributed by atoms with van der Waals surface area (Å²) in [6.45, 7) is 2.74. The highest BCUT2D eigenvalue weighted by Crippen LogP contribution is 2.44. The molecule has 0 spiro atoms. The van der Waals surface area contributed by atoms with E-state index in [1.165, 1.54) is 27.6 Å². The predicted octanol–water partition coefficient (Wildman–Crippen LogP) is 2.02. The molecule has 0 saturated carbocycles. The number of hydrogen-bond donors (Lipinski definition) is 0. The van der Waals surface area contributed by atoms with Gasteiger partial charge in [-0.2, -0.15) is 5.06 Å². The van der Waals surface area contributed by atoms with Crippen LogP contribution in [0.25, 0.3) is 10.9 Å². The first-order valence-corrected chi connectivity index (χ1v) is 8.33. The summed E-state index contributed by atoms with van der Waals surface area (Å²) in [5.74, 6) is 0.569. The van der Waals surface area contributed by atoms with Gasteiger partial charge in [0.1, 0.15) is 7.85 Å². The normalized spacial score (nSPS) is 23.3. The minimum absolute atomic E-state index is 0.378. The Balaban J connectivity index is 1.53. The van der Waals surface area contributed by atoms with Gasteiger partial charge >= 0.3 is 0 Å². The van der Waals surface area contributed by atoms with Crippen molar-refractivity contribution < 1.29 is 4.84 Å². The second-order valence-corrected chi connectivity index (χ2v) is 6.80. The molecule has 1 fully saturated rings. The van der Waals surface area contributed by atoms with Crippen LogP contribution in [0.1, 0.15) is 17.3 Å². The fourth-order valence-electron chi connectivity index (χ4n) is 4.14. The maximum Gasteiger partial charge on any atom is 0.139 e. The SMILES string of the molecule is Bc1ccc2c(c1)cc1n2C[C@H]2CON(Cc3ccccc3)[C@@H]12. The molecule has 0 bridgehead atoms. The molecule has 3 aromatic rings. The van der Waals surface area contributed by atoms with Gasteiger partial charge < -0.3 is 4.57 Å². The van der Waals surface area contributed by atoms with E-state index in [0.29, 0.717) is 12.0 Å². The van der Waals surface area contributed by atoms with Crippen LogP contribution in [-0.2, 0) is 17.9 Å². The molecule has 4 heteroatoms. The molecule has 1 aromatic heterocycles. The van der Waals surface area contributed by atoms with Gasteiger partial charge in [-0.25, -0.2) is 0 Å². The molecule has 0 aliphatic carbocycles. The Hall–Kier alpha value is -2.04. The molecule has 3 nitrogen and oxygen atoms in total. The van der Waals surface area contributed by atoms with Crippen molar-refractivity contribution in [2.45, 2.75) is 19.1 Å². The third-order valence-electron chi connectivity index (χ3n) is 5.20. The number of benzene rings is 2. The number of rotatable bonds is 2. The van der Waals surface area contributed by atoms with Crippen molar-refractivity contribution in [3.63, 3.8) is 0 Å². The molecule has 0 amide bonds. The first-order chi connectivity index (χ1) is 11.3. The third-order valence-corrected chi connectivity index (χ3v) is 5.20. The number of hydroxylamine groups is 2. The van der Waals surface area contributed by atoms with Crippen molar-refractivity contribution in [1.82, 2.24) is 9.63 Å². The highest BCUT2D eigenvalue weighted by atomic mass is 16.7. The first-order valence-electron chi connectivity index (χ1n) is 8.33. The van der Waals surface area contributed by atoms with Gasteiger partial charge in [-0.1, -0.05) is 47.9 Å². The van der Waals surface area contributed by atoms with Crippen LogP contribution in [0.2, 0.25) is 0 Å². The second kappa shape index (κ2) is 4.98. The van der Waals surface area contributed by atoms with Crippen molar-refractivity contribution in [1.29, 1.82) is 0 Å². The van der Waals surface area contributed by atoms with Crippen LogP contribution in [0.4, 0.5) is 0 Å². The fraction of sp³-hybridized carbons (Fsp3) is 0.263. The summed E-state index contributed by atoms with van der Waals surface area (Å²) >= 11 is 0. The van der Waals surface area contributed by atoms with E-state index in [1.807, 2.05) is 0 Å². The lowest BCUT2D eigenvalue weighted by atomic mass is 9.94. The monoisotopic (exact) mass is 302 g/mol. The van der Waals surface area contributed by atoms with E-state index in [9.17, 15) is 0 Å². The topological polar surface area (TPSA) is 17.4 Å². The molecule has 3 heterocycles. The quantitative estimate of drug-likeness (QED) is 0.674. The Morgan fingerprint density at radius 1 is 1.09 bits per heavy atom. The molecule has 0 radical (unpaired) electrons. The van der Waals surface area contributed by atoms with Crippen molar-refractivity contribution in [3.05, 3.63) is 65.9 Å². The molecule has 23 heavy (non-hydrogen) atoms. The van der Waals surface area contributed by atoms with Gasteiger partial charge in [-0.05, 0) is 23.1 Å². The van der Waals surface area contributed by atoms with Crippen LogP contribution in [0.3, 0.4) is 0 Å². The van der Waals surface area contributed by atoms with Crippen LogP contribution in [0.15, 0.2) is 54.6 Å². The van der Waals surface area contributed by atoms with Gasteiger partial charge in [0.25, 0.3) is 0 Å². The van der Waals surface area contributed by atoms with E-state index >= 15 is 0 Å². The van der Waals surface area contributed by atoms with E-state index in [2.05, 4.69) is 72.1 Å². The zero-order chi connectivity index (χ0) is 15.4. The molecule has 2 aromatic carbocycles. The van der Waals surface area contributed by atoms with Crippen LogP contribution < -0.4 is 5.46 Å². The standard InChI is InChI=1S/C19H19BN2O/c20-16-6-7-17-14(8-16)9-18-19-15(11-21(17)18)12-23-22(19)10-13-4-2-1-3-5-13/h1-9,15,19H,10-12,20H2/t15-,19+/m0/s1. The molecular formula is C19H19BN2O. The zero-order valence-electron chi connectivity index (χ0n) is 13.3. The van der Waals surface area contributed by atoms with E-state index in [0.717, 1.165) is 19.7 Å². The third kappa shape index (κ3) is 2.06. The highest BCUT2D eigenvalue weighted by Gasteiger charge is 2.43. The number of hydrogen-bond acceptors (Lipinski definition) is 2. The van der Waals surface area contributed by atoms with Crippen LogP contribution in [0, 0.1) is 5.92 Å². The maximum atomic E-state index is 6.02. The average Bonchev–Trinajstić information content (AvgIpc) is 3.19. The van der Waals surface area contributed by atoms with Gasteiger partial charge in [-0.15, -0.1) is 0 Å². The largest absolute Gasteiger partial charge is 0.343 e. The number of nitrogens with zero attached hydrogens (tertiary/aromatic N) is 2. The predicted molar refractivity (Wildman–Crippen MR) is 94.3 cm³/mol. The molecule has 0 unspecified atom stereocenters. The molecule has 1 saturated heterocycles. The summed E-state index contributed by atoms with van der Waals surface area (Å²) in [5.41, 5.74) is 5.39. The molecule has 2 atom stereocenters. The molecule has 2 aliphatic rings. The molecule has 2 aliphatic heterocycles. The minimum Gasteiger partial charge on any atom is -0.343 e. The van der Waals surface area contributed by atoms with E-state index < -0.39 is 0 Å². The summed E-state index contributed by atoms with van der Waals surface area (Å²) in [6.07, 6.45) is 0.